The maximum absolute atomic E-state index is 11.5. The van der Waals surface area contributed by atoms with Gasteiger partial charge in [-0.15, -0.1) is 0 Å². The molecule has 17 heavy (non-hydrogen) atoms. The second-order valence-corrected chi connectivity index (χ2v) is 5.00. The number of ether oxygens (including phenoxy) is 1. The zero-order valence-electron chi connectivity index (χ0n) is 9.51. The number of nitrogens with two attached hydrogens (primary N) is 1. The van der Waals surface area contributed by atoms with Crippen molar-refractivity contribution in [1.29, 1.82) is 0 Å². The Morgan fingerprint density at radius 2 is 2.12 bits per heavy atom. The maximum atomic E-state index is 11.5. The summed E-state index contributed by atoms with van der Waals surface area (Å²) in [6, 6.07) is 5.70. The second kappa shape index (κ2) is 5.26. The molecule has 1 aromatic carbocycles. The lowest BCUT2D eigenvalue weighted by Gasteiger charge is -2.10. The fraction of sp³-hybridized carbons (Fsp3) is 0.300. The van der Waals surface area contributed by atoms with Crippen LogP contribution in [0, 0.1) is 0 Å². The zero-order chi connectivity index (χ0) is 13.1. The number of hydrogen-bond donors (Lipinski definition) is 2. The summed E-state index contributed by atoms with van der Waals surface area (Å²) in [4.78, 5) is 11.4. The van der Waals surface area contributed by atoms with Crippen molar-refractivity contribution in [2.24, 2.45) is 5.14 Å². The minimum absolute atomic E-state index is 0.0552. The van der Waals surface area contributed by atoms with E-state index in [-0.39, 0.29) is 10.8 Å². The number of carbonyl (C=O) groups excluding carboxylic acids is 1. The Morgan fingerprint density at radius 1 is 1.47 bits per heavy atom. The molecule has 1 aromatic rings. The van der Waals surface area contributed by atoms with Crippen molar-refractivity contribution in [3.63, 3.8) is 0 Å². The fourth-order valence-corrected chi connectivity index (χ4v) is 1.66. The lowest BCUT2D eigenvalue weighted by atomic mass is 10.3. The first kappa shape index (κ1) is 13.6. The van der Waals surface area contributed by atoms with E-state index in [0.29, 0.717) is 5.69 Å². The average Bonchev–Trinajstić information content (AvgIpc) is 2.27. The molecule has 0 saturated heterocycles. The van der Waals surface area contributed by atoms with Crippen LogP contribution in [0.3, 0.4) is 0 Å². The van der Waals surface area contributed by atoms with Crippen LogP contribution in [-0.2, 0) is 19.6 Å². The quantitative estimate of drug-likeness (QED) is 0.811. The van der Waals surface area contributed by atoms with Crippen molar-refractivity contribution in [1.82, 2.24) is 0 Å². The first-order valence-electron chi connectivity index (χ1n) is 4.81. The molecular weight excluding hydrogens is 244 g/mol. The molecule has 0 bridgehead atoms. The van der Waals surface area contributed by atoms with Gasteiger partial charge in [0.2, 0.25) is 10.0 Å². The lowest BCUT2D eigenvalue weighted by Crippen LogP contribution is -2.26. The standard InChI is InChI=1S/C10H14N2O4S/c1-7(16-2)10(13)12-8-4-3-5-9(6-8)17(11,14)15/h3-7H,1-2H3,(H,12,13)(H2,11,14,15). The Morgan fingerprint density at radius 3 is 2.65 bits per heavy atom. The molecule has 0 heterocycles. The number of rotatable bonds is 4. The molecule has 1 atom stereocenters. The monoisotopic (exact) mass is 258 g/mol. The van der Waals surface area contributed by atoms with Crippen LogP contribution in [0.5, 0.6) is 0 Å². The van der Waals surface area contributed by atoms with Crippen LogP contribution < -0.4 is 10.5 Å². The topological polar surface area (TPSA) is 98.5 Å². The zero-order valence-corrected chi connectivity index (χ0v) is 10.3. The van der Waals surface area contributed by atoms with Crippen LogP contribution >= 0.6 is 0 Å². The molecule has 7 heteroatoms. The lowest BCUT2D eigenvalue weighted by molar-refractivity contribution is -0.124. The van der Waals surface area contributed by atoms with Crippen LogP contribution in [0.15, 0.2) is 29.2 Å². The molecule has 94 valence electrons. The Balaban J connectivity index is 2.91. The van der Waals surface area contributed by atoms with Crippen LogP contribution in [0.4, 0.5) is 5.69 Å². The van der Waals surface area contributed by atoms with E-state index < -0.39 is 16.1 Å². The number of nitrogens with one attached hydrogen (secondary N) is 1. The molecule has 1 rings (SSSR count). The SMILES string of the molecule is COC(C)C(=O)Nc1cccc(S(N)(=O)=O)c1. The number of primary sulfonamides is 1. The van der Waals surface area contributed by atoms with Gasteiger partial charge in [-0.1, -0.05) is 6.07 Å². The van der Waals surface area contributed by atoms with Crippen LogP contribution in [0.1, 0.15) is 6.92 Å². The molecule has 0 spiro atoms. The second-order valence-electron chi connectivity index (χ2n) is 3.44. The predicted octanol–water partition coefficient (Wildman–Crippen LogP) is 0.307. The Kier molecular flexibility index (Phi) is 4.22. The van der Waals surface area contributed by atoms with Gasteiger partial charge in [0, 0.05) is 12.8 Å². The van der Waals surface area contributed by atoms with Crippen LogP contribution in [0.25, 0.3) is 0 Å². The number of hydrogen-bond acceptors (Lipinski definition) is 4. The van der Waals surface area contributed by atoms with Crippen LogP contribution in [0.2, 0.25) is 0 Å². The van der Waals surface area contributed by atoms with Gasteiger partial charge in [0.05, 0.1) is 4.90 Å². The molecule has 0 saturated carbocycles. The number of amides is 1. The molecule has 0 fully saturated rings. The summed E-state index contributed by atoms with van der Waals surface area (Å²) in [5, 5.41) is 7.50. The molecule has 3 N–H and O–H groups in total. The summed E-state index contributed by atoms with van der Waals surface area (Å²) in [5.41, 5.74) is 0.352. The molecule has 1 amide bonds. The Hall–Kier alpha value is -1.44. The van der Waals surface area contributed by atoms with Gasteiger partial charge in [-0.3, -0.25) is 4.79 Å². The van der Waals surface area contributed by atoms with E-state index in [4.69, 9.17) is 9.88 Å². The van der Waals surface area contributed by atoms with Gasteiger partial charge in [-0.25, -0.2) is 13.6 Å². The fourth-order valence-electron chi connectivity index (χ4n) is 1.10. The minimum Gasteiger partial charge on any atom is -0.372 e. The summed E-state index contributed by atoms with van der Waals surface area (Å²) in [7, 11) is -2.36. The number of methoxy groups -OCH3 is 1. The van der Waals surface area contributed by atoms with E-state index in [1.165, 1.54) is 25.3 Å². The van der Waals surface area contributed by atoms with E-state index in [1.54, 1.807) is 13.0 Å². The maximum Gasteiger partial charge on any atom is 0.253 e. The van der Waals surface area contributed by atoms with Gasteiger partial charge in [-0.05, 0) is 25.1 Å². The van der Waals surface area contributed by atoms with E-state index in [0.717, 1.165) is 0 Å². The normalized spacial score (nSPS) is 13.1. The van der Waals surface area contributed by atoms with Gasteiger partial charge >= 0.3 is 0 Å². The van der Waals surface area contributed by atoms with Crippen molar-refractivity contribution in [3.05, 3.63) is 24.3 Å². The van der Waals surface area contributed by atoms with E-state index >= 15 is 0 Å². The smallest absolute Gasteiger partial charge is 0.253 e. The highest BCUT2D eigenvalue weighted by Gasteiger charge is 2.13. The summed E-state index contributed by atoms with van der Waals surface area (Å²) >= 11 is 0. The van der Waals surface area contributed by atoms with Gasteiger partial charge in [0.15, 0.2) is 0 Å². The third kappa shape index (κ3) is 3.81. The number of sulfonamides is 1. The number of benzene rings is 1. The summed E-state index contributed by atoms with van der Waals surface area (Å²) in [6.07, 6.45) is -0.617. The molecule has 6 nitrogen and oxygen atoms in total. The highest BCUT2D eigenvalue weighted by atomic mass is 32.2. The van der Waals surface area contributed by atoms with E-state index in [9.17, 15) is 13.2 Å². The summed E-state index contributed by atoms with van der Waals surface area (Å²) < 4.78 is 27.0. The van der Waals surface area contributed by atoms with Crippen molar-refractivity contribution in [2.75, 3.05) is 12.4 Å². The third-order valence-electron chi connectivity index (χ3n) is 2.15. The molecular formula is C10H14N2O4S. The third-order valence-corrected chi connectivity index (χ3v) is 3.06. The van der Waals surface area contributed by atoms with Crippen molar-refractivity contribution in [2.45, 2.75) is 17.9 Å². The number of anilines is 1. The van der Waals surface area contributed by atoms with Gasteiger partial charge in [-0.2, -0.15) is 0 Å². The predicted molar refractivity (Wildman–Crippen MR) is 62.9 cm³/mol. The van der Waals surface area contributed by atoms with Crippen LogP contribution in [-0.4, -0.2) is 27.5 Å². The van der Waals surface area contributed by atoms with Gasteiger partial charge in [0.25, 0.3) is 5.91 Å². The molecule has 0 aliphatic carbocycles. The average molecular weight is 258 g/mol. The largest absolute Gasteiger partial charge is 0.372 e. The molecule has 1 unspecified atom stereocenters. The first-order chi connectivity index (χ1) is 7.84. The van der Waals surface area contributed by atoms with Crippen molar-refractivity contribution >= 4 is 21.6 Å². The summed E-state index contributed by atoms with van der Waals surface area (Å²) in [5.74, 6) is -0.362. The van der Waals surface area contributed by atoms with E-state index in [1.807, 2.05) is 0 Å². The Labute approximate surface area is 99.8 Å². The highest BCUT2D eigenvalue weighted by Crippen LogP contribution is 2.14. The van der Waals surface area contributed by atoms with Gasteiger partial charge in [0.1, 0.15) is 6.10 Å². The minimum atomic E-state index is -3.77. The molecule has 0 radical (unpaired) electrons. The molecule has 0 aliphatic rings. The molecule has 0 aliphatic heterocycles. The van der Waals surface area contributed by atoms with E-state index in [2.05, 4.69) is 5.32 Å². The number of carbonyl (C=O) groups is 1. The van der Waals surface area contributed by atoms with Crippen molar-refractivity contribution < 1.29 is 17.9 Å². The Bertz CT molecular complexity index is 513. The first-order valence-corrected chi connectivity index (χ1v) is 6.35. The van der Waals surface area contributed by atoms with Gasteiger partial charge < -0.3 is 10.1 Å². The molecule has 0 aromatic heterocycles. The van der Waals surface area contributed by atoms with Crippen molar-refractivity contribution in [3.8, 4) is 0 Å². The highest BCUT2D eigenvalue weighted by molar-refractivity contribution is 7.89. The summed E-state index contributed by atoms with van der Waals surface area (Å²) in [6.45, 7) is 1.58.